The van der Waals surface area contributed by atoms with Crippen LogP contribution in [-0.4, -0.2) is 29.4 Å². The molecule has 1 saturated carbocycles. The summed E-state index contributed by atoms with van der Waals surface area (Å²) in [5.41, 5.74) is 13.6. The summed E-state index contributed by atoms with van der Waals surface area (Å²) in [5, 5.41) is 2.75. The van der Waals surface area contributed by atoms with E-state index in [0.717, 1.165) is 24.0 Å². The molecule has 1 aliphatic heterocycles. The van der Waals surface area contributed by atoms with Crippen LogP contribution in [0.5, 0.6) is 11.5 Å². The van der Waals surface area contributed by atoms with Gasteiger partial charge in [-0.05, 0) is 54.3 Å². The molecular weight excluding hydrogens is 676 g/mol. The SMILES string of the molecule is CC.CCC.NCc1ccc(O[N-]c2ccc(CN(C(=O)c3ccc4c(c3)OCC(=O)N4)C3CC3)cc2)cc1.[W]. The molecular formula is C31H39N4O4W-. The third-order valence-corrected chi connectivity index (χ3v) is 5.81. The average molecular weight is 716 g/mol. The van der Waals surface area contributed by atoms with Crippen molar-refractivity contribution < 1.29 is 40.2 Å². The molecule has 2 amide bonds. The van der Waals surface area contributed by atoms with E-state index in [1.165, 1.54) is 6.42 Å². The Morgan fingerprint density at radius 1 is 1.02 bits per heavy atom. The molecule has 0 spiro atoms. The van der Waals surface area contributed by atoms with Gasteiger partial charge in [0.25, 0.3) is 11.8 Å². The summed E-state index contributed by atoms with van der Waals surface area (Å²) < 4.78 is 5.47. The second-order valence-corrected chi connectivity index (χ2v) is 9.12. The Hall–Kier alpha value is -3.35. The topological polar surface area (TPSA) is 108 Å². The minimum absolute atomic E-state index is 0. The van der Waals surface area contributed by atoms with Gasteiger partial charge in [0.1, 0.15) is 11.5 Å². The normalized spacial score (nSPS) is 12.9. The predicted molar refractivity (Wildman–Crippen MR) is 155 cm³/mol. The van der Waals surface area contributed by atoms with Gasteiger partial charge in [-0.25, -0.2) is 0 Å². The third-order valence-electron chi connectivity index (χ3n) is 5.81. The number of hydrogen-bond acceptors (Lipinski definition) is 5. The van der Waals surface area contributed by atoms with Crippen LogP contribution in [0.2, 0.25) is 0 Å². The fourth-order valence-corrected chi connectivity index (χ4v) is 3.78. The Bertz CT molecular complexity index is 1220. The molecule has 3 N–H and O–H groups in total. The maximum absolute atomic E-state index is 13.3. The first-order valence-corrected chi connectivity index (χ1v) is 13.6. The van der Waals surface area contributed by atoms with Crippen LogP contribution in [0, 0.1) is 0 Å². The molecule has 3 aromatic carbocycles. The molecule has 40 heavy (non-hydrogen) atoms. The van der Waals surface area contributed by atoms with Crippen LogP contribution >= 0.6 is 0 Å². The van der Waals surface area contributed by atoms with Crippen LogP contribution < -0.4 is 20.6 Å². The molecule has 0 radical (unpaired) electrons. The number of hydrogen-bond donors (Lipinski definition) is 2. The van der Waals surface area contributed by atoms with Crippen molar-refractivity contribution in [3.63, 3.8) is 0 Å². The van der Waals surface area contributed by atoms with Gasteiger partial charge in [0.15, 0.2) is 6.61 Å². The van der Waals surface area contributed by atoms with E-state index >= 15 is 0 Å². The first-order valence-electron chi connectivity index (χ1n) is 13.6. The van der Waals surface area contributed by atoms with E-state index in [2.05, 4.69) is 24.6 Å². The number of carbonyl (C=O) groups excluding carboxylic acids is 2. The summed E-state index contributed by atoms with van der Waals surface area (Å²) in [6.07, 6.45) is 3.24. The smallest absolute Gasteiger partial charge is 0.262 e. The molecule has 1 heterocycles. The van der Waals surface area contributed by atoms with E-state index in [1.54, 1.807) is 18.2 Å². The van der Waals surface area contributed by atoms with E-state index in [0.29, 0.717) is 41.5 Å². The number of anilines is 1. The number of amides is 2. The summed E-state index contributed by atoms with van der Waals surface area (Å²) in [6, 6.07) is 20.5. The van der Waals surface area contributed by atoms with E-state index in [4.69, 9.17) is 15.3 Å². The molecule has 0 bridgehead atoms. The summed E-state index contributed by atoms with van der Waals surface area (Å²) >= 11 is 0. The van der Waals surface area contributed by atoms with Crippen molar-refractivity contribution in [3.05, 3.63) is 88.9 Å². The van der Waals surface area contributed by atoms with Crippen molar-refractivity contribution in [1.29, 1.82) is 0 Å². The van der Waals surface area contributed by atoms with Gasteiger partial charge in [-0.15, -0.1) is 5.69 Å². The quantitative estimate of drug-likeness (QED) is 0.252. The van der Waals surface area contributed by atoms with Crippen LogP contribution in [0.1, 0.15) is 68.4 Å². The standard InChI is InChI=1S/C26H25N4O4.C3H8.C2H6.W/c27-14-17-3-10-22(11-4-17)34-29-20-6-1-18(2-7-20)15-30(21-8-9-21)26(32)19-5-12-23-24(13-19)33-16-25(31)28-23;1-3-2;1-2;/h1-7,10-13,21H,8-9,14-16,27H2,(H,28,31,32);3H2,1-2H3;1-2H3;/q-1;;;. The third kappa shape index (κ3) is 9.39. The number of nitrogens with zero attached hydrogens (tertiary/aromatic N) is 2. The van der Waals surface area contributed by atoms with Crippen LogP contribution in [0.3, 0.4) is 0 Å². The van der Waals surface area contributed by atoms with E-state index in [9.17, 15) is 9.59 Å². The van der Waals surface area contributed by atoms with Gasteiger partial charge >= 0.3 is 0 Å². The number of nitrogens with one attached hydrogen (secondary N) is 1. The predicted octanol–water partition coefficient (Wildman–Crippen LogP) is 6.72. The van der Waals surface area contributed by atoms with Gasteiger partial charge in [0, 0.05) is 45.8 Å². The van der Waals surface area contributed by atoms with E-state index in [-0.39, 0.29) is 45.5 Å². The zero-order valence-electron chi connectivity index (χ0n) is 23.7. The van der Waals surface area contributed by atoms with Crippen molar-refractivity contribution in [1.82, 2.24) is 4.90 Å². The molecule has 0 unspecified atom stereocenters. The van der Waals surface area contributed by atoms with Crippen molar-refractivity contribution in [2.75, 3.05) is 11.9 Å². The summed E-state index contributed by atoms with van der Waals surface area (Å²) in [6.45, 7) is 9.19. The van der Waals surface area contributed by atoms with Crippen LogP contribution in [0.4, 0.5) is 11.4 Å². The number of carbonyl (C=O) groups is 2. The monoisotopic (exact) mass is 715 g/mol. The molecule has 8 nitrogen and oxygen atoms in total. The summed E-state index contributed by atoms with van der Waals surface area (Å²) in [7, 11) is 0. The molecule has 2 aliphatic rings. The van der Waals surface area contributed by atoms with Crippen molar-refractivity contribution in [2.45, 2.75) is 66.1 Å². The molecule has 1 fully saturated rings. The molecule has 3 aromatic rings. The molecule has 5 rings (SSSR count). The Morgan fingerprint density at radius 3 is 2.25 bits per heavy atom. The Kier molecular flexibility index (Phi) is 13.7. The minimum atomic E-state index is -0.198. The van der Waals surface area contributed by atoms with Crippen molar-refractivity contribution in [2.24, 2.45) is 5.73 Å². The first-order chi connectivity index (χ1) is 19.0. The molecule has 214 valence electrons. The van der Waals surface area contributed by atoms with E-state index in [1.807, 2.05) is 67.3 Å². The Balaban J connectivity index is 0.000000877. The maximum atomic E-state index is 13.3. The fourth-order valence-electron chi connectivity index (χ4n) is 3.78. The minimum Gasteiger partial charge on any atom is -0.557 e. The van der Waals surface area contributed by atoms with Gasteiger partial charge in [-0.1, -0.05) is 70.5 Å². The van der Waals surface area contributed by atoms with Gasteiger partial charge in [0.2, 0.25) is 0 Å². The molecule has 1 aliphatic carbocycles. The second kappa shape index (κ2) is 16.7. The average Bonchev–Trinajstić information content (AvgIpc) is 3.82. The van der Waals surface area contributed by atoms with Crippen molar-refractivity contribution in [3.8, 4) is 11.5 Å². The second-order valence-electron chi connectivity index (χ2n) is 9.12. The molecule has 9 heteroatoms. The van der Waals surface area contributed by atoms with Gasteiger partial charge in [-0.2, -0.15) is 0 Å². The Labute approximate surface area is 251 Å². The van der Waals surface area contributed by atoms with Crippen LogP contribution in [0.25, 0.3) is 5.48 Å². The van der Waals surface area contributed by atoms with Crippen molar-refractivity contribution >= 4 is 23.2 Å². The largest absolute Gasteiger partial charge is 0.557 e. The first kappa shape index (κ1) is 32.9. The zero-order valence-corrected chi connectivity index (χ0v) is 26.6. The Morgan fingerprint density at radius 2 is 1.65 bits per heavy atom. The molecule has 0 aromatic heterocycles. The number of ether oxygens (including phenoxy) is 1. The summed E-state index contributed by atoms with van der Waals surface area (Å²) in [5.74, 6) is 0.908. The number of rotatable bonds is 8. The van der Waals surface area contributed by atoms with E-state index < -0.39 is 0 Å². The number of benzene rings is 3. The zero-order chi connectivity index (χ0) is 28.2. The summed E-state index contributed by atoms with van der Waals surface area (Å²) in [4.78, 5) is 32.2. The van der Waals surface area contributed by atoms with Crippen LogP contribution in [-0.2, 0) is 38.9 Å². The maximum Gasteiger partial charge on any atom is 0.262 e. The molecule has 0 atom stereocenters. The molecule has 0 saturated heterocycles. The number of fused-ring (bicyclic) bond motifs is 1. The van der Waals surface area contributed by atoms with Gasteiger partial charge in [0.05, 0.1) is 5.69 Å². The number of nitrogens with two attached hydrogens (primary N) is 1. The van der Waals surface area contributed by atoms with Crippen LogP contribution in [0.15, 0.2) is 66.7 Å². The van der Waals surface area contributed by atoms with Gasteiger partial charge < -0.3 is 31.0 Å². The fraction of sp³-hybridized carbons (Fsp3) is 0.355. The van der Waals surface area contributed by atoms with Gasteiger partial charge in [-0.3, -0.25) is 9.59 Å².